The Morgan fingerprint density at radius 3 is 2.31 bits per heavy atom. The van der Waals surface area contributed by atoms with Crippen molar-refractivity contribution in [2.45, 2.75) is 70.7 Å². The summed E-state index contributed by atoms with van der Waals surface area (Å²) < 4.78 is 33.9. The molecule has 232 valence electrons. The normalized spacial score (nSPS) is 25.1. The Labute approximate surface area is 263 Å². The third kappa shape index (κ3) is 5.82. The highest BCUT2D eigenvalue weighted by Gasteiger charge is 2.55. The van der Waals surface area contributed by atoms with Gasteiger partial charge in [0.05, 0.1) is 17.6 Å². The zero-order chi connectivity index (χ0) is 31.0. The summed E-state index contributed by atoms with van der Waals surface area (Å²) in [6.07, 6.45) is 6.54. The first kappa shape index (κ1) is 29.5. The fourth-order valence-corrected chi connectivity index (χ4v) is 8.39. The molecule has 3 aliphatic rings. The fourth-order valence-electron chi connectivity index (χ4n) is 8.39. The van der Waals surface area contributed by atoms with Gasteiger partial charge in [0.25, 0.3) is 0 Å². The molecule has 2 saturated carbocycles. The van der Waals surface area contributed by atoms with Crippen LogP contribution in [-0.4, -0.2) is 11.0 Å². The molecule has 0 spiro atoms. The van der Waals surface area contributed by atoms with E-state index < -0.39 is 16.4 Å². The Hall–Kier alpha value is -4.23. The molecule has 0 unspecified atom stereocenters. The molecule has 4 aromatic carbocycles. The second-order valence-corrected chi connectivity index (χ2v) is 13.1. The van der Waals surface area contributed by atoms with Crippen LogP contribution in [0.15, 0.2) is 91.0 Å². The van der Waals surface area contributed by atoms with Crippen molar-refractivity contribution in [3.63, 3.8) is 0 Å². The molecule has 45 heavy (non-hydrogen) atoms. The van der Waals surface area contributed by atoms with Crippen LogP contribution in [0.4, 0.5) is 10.1 Å². The lowest BCUT2D eigenvalue weighted by Crippen LogP contribution is -2.44. The van der Waals surface area contributed by atoms with E-state index >= 15 is 0 Å². The van der Waals surface area contributed by atoms with Crippen molar-refractivity contribution in [2.75, 3.05) is 0 Å². The van der Waals surface area contributed by atoms with Crippen LogP contribution in [0.3, 0.4) is 0 Å². The van der Waals surface area contributed by atoms with Gasteiger partial charge in [-0.25, -0.2) is 0 Å². The maximum Gasteiger partial charge on any atom is 0.305 e. The van der Waals surface area contributed by atoms with Crippen molar-refractivity contribution < 1.29 is 23.5 Å². The lowest BCUT2D eigenvalue weighted by atomic mass is 9.55. The van der Waals surface area contributed by atoms with E-state index in [-0.39, 0.29) is 17.3 Å². The van der Waals surface area contributed by atoms with Crippen LogP contribution in [0.1, 0.15) is 67.2 Å². The highest BCUT2D eigenvalue weighted by atomic mass is 19.1. The number of hydrogen-bond acceptors (Lipinski definition) is 5. The Morgan fingerprint density at radius 1 is 0.867 bits per heavy atom. The number of rotatable bonds is 9. The standard InChI is InChI=1S/C38H38FNO5/c1-38-19-18-31-30(32(38)15-17-36(38)44-24-26-10-6-3-7-11-26)14-12-27-20-29(43-23-25-8-4-2-5-9-25)22-35(37(27)31)45-28-13-16-34(40(41)42)33(39)21-28/h2-11,13,16,20-22,30-32,36H,12,14-15,17-19,23-24H2,1H3/t30-,31+,32+,36+,38+/m1/s1. The van der Waals surface area contributed by atoms with Gasteiger partial charge in [0.1, 0.15) is 23.9 Å². The van der Waals surface area contributed by atoms with Crippen LogP contribution in [-0.2, 0) is 24.4 Å². The molecule has 7 heteroatoms. The number of halogens is 1. The summed E-state index contributed by atoms with van der Waals surface area (Å²) >= 11 is 0. The average molecular weight is 608 g/mol. The Balaban J connectivity index is 1.17. The molecule has 6 nitrogen and oxygen atoms in total. The van der Waals surface area contributed by atoms with E-state index in [0.717, 1.165) is 56.2 Å². The van der Waals surface area contributed by atoms with Crippen LogP contribution < -0.4 is 9.47 Å². The minimum Gasteiger partial charge on any atom is -0.489 e. The first-order valence-electron chi connectivity index (χ1n) is 16.0. The zero-order valence-electron chi connectivity index (χ0n) is 25.5. The minimum atomic E-state index is -0.915. The van der Waals surface area contributed by atoms with Crippen LogP contribution >= 0.6 is 0 Å². The van der Waals surface area contributed by atoms with Crippen LogP contribution in [0.5, 0.6) is 17.2 Å². The Kier molecular flexibility index (Phi) is 8.04. The molecular formula is C38H38FNO5. The summed E-state index contributed by atoms with van der Waals surface area (Å²) in [5.74, 6) is 2.01. The number of hydrogen-bond donors (Lipinski definition) is 0. The summed E-state index contributed by atoms with van der Waals surface area (Å²) in [4.78, 5) is 10.5. The maximum atomic E-state index is 14.6. The smallest absolute Gasteiger partial charge is 0.305 e. The lowest BCUT2D eigenvalue weighted by Gasteiger charge is -2.51. The summed E-state index contributed by atoms with van der Waals surface area (Å²) in [6, 6.07) is 28.2. The van der Waals surface area contributed by atoms with Gasteiger partial charge in [0, 0.05) is 23.8 Å². The number of nitrogens with zero attached hydrogens (tertiary/aromatic N) is 1. The molecule has 7 rings (SSSR count). The number of ether oxygens (including phenoxy) is 3. The number of nitro benzene ring substituents is 1. The fraction of sp³-hybridized carbons (Fsp3) is 0.368. The van der Waals surface area contributed by atoms with E-state index in [2.05, 4.69) is 37.3 Å². The average Bonchev–Trinajstić information content (AvgIpc) is 3.39. The summed E-state index contributed by atoms with van der Waals surface area (Å²) in [6.45, 7) is 3.49. The molecular weight excluding hydrogens is 569 g/mol. The van der Waals surface area contributed by atoms with Gasteiger partial charge >= 0.3 is 5.69 Å². The zero-order valence-corrected chi connectivity index (χ0v) is 25.5. The predicted octanol–water partition coefficient (Wildman–Crippen LogP) is 9.55. The van der Waals surface area contributed by atoms with Gasteiger partial charge in [-0.1, -0.05) is 67.6 Å². The van der Waals surface area contributed by atoms with Crippen molar-refractivity contribution in [1.29, 1.82) is 0 Å². The van der Waals surface area contributed by atoms with Crippen LogP contribution in [0.25, 0.3) is 0 Å². The van der Waals surface area contributed by atoms with Gasteiger partial charge in [0.2, 0.25) is 5.82 Å². The highest BCUT2D eigenvalue weighted by Crippen LogP contribution is 2.63. The minimum absolute atomic E-state index is 0.120. The Bertz CT molecular complexity index is 1680. The summed E-state index contributed by atoms with van der Waals surface area (Å²) in [5, 5.41) is 11.2. The molecule has 0 amide bonds. The topological polar surface area (TPSA) is 70.8 Å². The van der Waals surface area contributed by atoms with Crippen molar-refractivity contribution in [1.82, 2.24) is 0 Å². The molecule has 0 heterocycles. The largest absolute Gasteiger partial charge is 0.489 e. The first-order valence-corrected chi connectivity index (χ1v) is 16.0. The predicted molar refractivity (Wildman–Crippen MR) is 170 cm³/mol. The van der Waals surface area contributed by atoms with E-state index in [4.69, 9.17) is 14.2 Å². The number of fused-ring (bicyclic) bond motifs is 5. The number of nitro groups is 1. The maximum absolute atomic E-state index is 14.6. The van der Waals surface area contributed by atoms with Gasteiger partial charge in [-0.3, -0.25) is 10.1 Å². The van der Waals surface area contributed by atoms with Gasteiger partial charge in [0.15, 0.2) is 0 Å². The summed E-state index contributed by atoms with van der Waals surface area (Å²) in [7, 11) is 0. The second-order valence-electron chi connectivity index (χ2n) is 13.1. The van der Waals surface area contributed by atoms with Gasteiger partial charge in [-0.15, -0.1) is 0 Å². The number of aryl methyl sites for hydroxylation is 1. The van der Waals surface area contributed by atoms with E-state index in [1.54, 1.807) is 0 Å². The van der Waals surface area contributed by atoms with Crippen molar-refractivity contribution >= 4 is 5.69 Å². The first-order chi connectivity index (χ1) is 21.9. The lowest BCUT2D eigenvalue weighted by molar-refractivity contribution is -0.387. The van der Waals surface area contributed by atoms with Gasteiger partial charge < -0.3 is 14.2 Å². The molecule has 0 N–H and O–H groups in total. The molecule has 0 bridgehead atoms. The van der Waals surface area contributed by atoms with Crippen molar-refractivity contribution in [3.8, 4) is 17.2 Å². The van der Waals surface area contributed by atoms with Crippen molar-refractivity contribution in [3.05, 3.63) is 129 Å². The molecule has 0 aliphatic heterocycles. The Morgan fingerprint density at radius 2 is 1.60 bits per heavy atom. The molecule has 5 atom stereocenters. The number of benzene rings is 4. The van der Waals surface area contributed by atoms with E-state index in [0.29, 0.717) is 42.5 Å². The monoisotopic (exact) mass is 607 g/mol. The van der Waals surface area contributed by atoms with E-state index in [9.17, 15) is 14.5 Å². The van der Waals surface area contributed by atoms with E-state index in [1.165, 1.54) is 22.8 Å². The van der Waals surface area contributed by atoms with Gasteiger partial charge in [-0.2, -0.15) is 4.39 Å². The quantitative estimate of drug-likeness (QED) is 0.140. The van der Waals surface area contributed by atoms with Crippen molar-refractivity contribution in [2.24, 2.45) is 17.3 Å². The molecule has 4 aromatic rings. The molecule has 2 fully saturated rings. The third-order valence-electron chi connectivity index (χ3n) is 10.6. The van der Waals surface area contributed by atoms with Gasteiger partial charge in [-0.05, 0) is 90.5 Å². The molecule has 0 aromatic heterocycles. The summed E-state index contributed by atoms with van der Waals surface area (Å²) in [5.41, 5.74) is 4.20. The molecule has 3 aliphatic carbocycles. The SMILES string of the molecule is C[C@]12CC[C@@H]3c4c(cc(OCc5ccccc5)cc4Oc4ccc([N+](=O)[O-])c(F)c4)CC[C@H]3[C@@H]1CC[C@@H]2OCc1ccccc1. The van der Waals surface area contributed by atoms with Crippen LogP contribution in [0, 0.1) is 33.2 Å². The van der Waals surface area contributed by atoms with Crippen LogP contribution in [0.2, 0.25) is 0 Å². The third-order valence-corrected chi connectivity index (χ3v) is 10.6. The highest BCUT2D eigenvalue weighted by molar-refractivity contribution is 5.53. The van der Waals surface area contributed by atoms with E-state index in [1.807, 2.05) is 42.5 Å². The molecule has 0 saturated heterocycles. The molecule has 0 radical (unpaired) electrons. The second kappa shape index (κ2) is 12.3.